The number of likely N-dealkylation sites (N-methyl/N-ethyl adjacent to an activating group) is 1. The summed E-state index contributed by atoms with van der Waals surface area (Å²) in [6.07, 6.45) is 5.32. The summed E-state index contributed by atoms with van der Waals surface area (Å²) in [4.78, 5) is 27.6. The van der Waals surface area contributed by atoms with Gasteiger partial charge in [0.15, 0.2) is 16.5 Å². The molecule has 10 heteroatoms. The molecule has 1 aliphatic heterocycles. The average Bonchev–Trinajstić information content (AvgIpc) is 3.45. The normalized spacial score (nSPS) is 18.1. The van der Waals surface area contributed by atoms with Crippen LogP contribution in [0.15, 0.2) is 29.2 Å². The van der Waals surface area contributed by atoms with E-state index in [-0.39, 0.29) is 33.3 Å². The summed E-state index contributed by atoms with van der Waals surface area (Å²) in [7, 11) is 1.72. The van der Waals surface area contributed by atoms with Gasteiger partial charge in [-0.2, -0.15) is 0 Å². The van der Waals surface area contributed by atoms with Gasteiger partial charge in [0.2, 0.25) is 5.43 Å². The minimum atomic E-state index is -0.700. The lowest BCUT2D eigenvalue weighted by Gasteiger charge is -2.44. The van der Waals surface area contributed by atoms with Gasteiger partial charge in [-0.1, -0.05) is 37.2 Å². The van der Waals surface area contributed by atoms with Gasteiger partial charge < -0.3 is 14.6 Å². The van der Waals surface area contributed by atoms with Crippen LogP contribution in [0.2, 0.25) is 0 Å². The Hall–Kier alpha value is -3.14. The number of carbonyl (C=O) groups is 1. The largest absolute Gasteiger partial charge is 0.503 e. The van der Waals surface area contributed by atoms with E-state index in [2.05, 4.69) is 10.2 Å². The number of aromatic hydroxyl groups is 1. The van der Waals surface area contributed by atoms with E-state index in [1.807, 2.05) is 0 Å². The molecule has 0 radical (unpaired) electrons. The van der Waals surface area contributed by atoms with E-state index in [9.17, 15) is 23.5 Å². The fraction of sp³-hybridized carbons (Fsp3) is 0.391. The maximum absolute atomic E-state index is 14.2. The number of nitrogens with zero attached hydrogens (tertiary/aromatic N) is 4. The molecule has 1 saturated carbocycles. The molecule has 1 N–H and O–H groups in total. The number of pyridine rings is 1. The van der Waals surface area contributed by atoms with Gasteiger partial charge in [0.1, 0.15) is 16.6 Å². The topological polar surface area (TPSA) is 88.3 Å². The van der Waals surface area contributed by atoms with Gasteiger partial charge in [0.05, 0.1) is 11.1 Å². The van der Waals surface area contributed by atoms with Crippen LogP contribution < -0.4 is 5.43 Å². The van der Waals surface area contributed by atoms with E-state index in [4.69, 9.17) is 0 Å². The Bertz CT molecular complexity index is 1330. The van der Waals surface area contributed by atoms with Crippen LogP contribution in [0.5, 0.6) is 5.75 Å². The third-order valence-electron chi connectivity index (χ3n) is 6.94. The molecule has 3 aromatic rings. The third kappa shape index (κ3) is 3.35. The van der Waals surface area contributed by atoms with Crippen LogP contribution in [0.4, 0.5) is 8.78 Å². The third-order valence-corrected chi connectivity index (χ3v) is 8.08. The molecule has 2 aliphatic rings. The van der Waals surface area contributed by atoms with Crippen LogP contribution in [0.25, 0.3) is 10.6 Å². The number of benzene rings is 1. The minimum Gasteiger partial charge on any atom is -0.503 e. The zero-order valence-corrected chi connectivity index (χ0v) is 19.0. The van der Waals surface area contributed by atoms with Crippen molar-refractivity contribution in [3.05, 3.63) is 62.5 Å². The summed E-state index contributed by atoms with van der Waals surface area (Å²) >= 11 is 1.10. The standard InChI is InChI=1S/C23H22F2N4O3S/c1-12(14-6-5-13(24)9-16(14)25)20-26-27-21(33-20)15-10-29-11-23(7-3-4-8-23)28(2)22(32)17(29)19(31)18(15)30/h5-6,9-10,12,31H,3-4,7-8,11H2,1-2H3. The molecule has 1 atom stereocenters. The van der Waals surface area contributed by atoms with Gasteiger partial charge in [-0.25, -0.2) is 8.78 Å². The van der Waals surface area contributed by atoms with Crippen LogP contribution in [0, 0.1) is 11.6 Å². The molecule has 0 bridgehead atoms. The maximum atomic E-state index is 14.2. The van der Waals surface area contributed by atoms with E-state index in [1.165, 1.54) is 12.1 Å². The molecule has 1 aromatic carbocycles. The van der Waals surface area contributed by atoms with E-state index < -0.39 is 28.7 Å². The van der Waals surface area contributed by atoms with Gasteiger partial charge in [0, 0.05) is 31.8 Å². The number of hydrogen-bond acceptors (Lipinski definition) is 6. The lowest BCUT2D eigenvalue weighted by Crippen LogP contribution is -2.55. The lowest BCUT2D eigenvalue weighted by atomic mass is 9.91. The highest BCUT2D eigenvalue weighted by Gasteiger charge is 2.46. The van der Waals surface area contributed by atoms with Crippen molar-refractivity contribution < 1.29 is 18.7 Å². The number of fused-ring (bicyclic) bond motifs is 1. The van der Waals surface area contributed by atoms with Crippen molar-refractivity contribution in [2.75, 3.05) is 7.05 Å². The van der Waals surface area contributed by atoms with Gasteiger partial charge in [-0.15, -0.1) is 10.2 Å². The van der Waals surface area contributed by atoms with Crippen molar-refractivity contribution >= 4 is 17.2 Å². The highest BCUT2D eigenvalue weighted by atomic mass is 32.1. The molecular weight excluding hydrogens is 450 g/mol. The summed E-state index contributed by atoms with van der Waals surface area (Å²) in [5, 5.41) is 19.6. The van der Waals surface area contributed by atoms with E-state index in [0.717, 1.165) is 43.1 Å². The number of hydrogen-bond donors (Lipinski definition) is 1. The Morgan fingerprint density at radius 1 is 1.18 bits per heavy atom. The molecule has 1 fully saturated rings. The van der Waals surface area contributed by atoms with Gasteiger partial charge >= 0.3 is 0 Å². The highest BCUT2D eigenvalue weighted by molar-refractivity contribution is 7.14. The molecule has 5 rings (SSSR count). The van der Waals surface area contributed by atoms with E-state index >= 15 is 0 Å². The molecule has 33 heavy (non-hydrogen) atoms. The molecule has 3 heterocycles. The average molecular weight is 473 g/mol. The summed E-state index contributed by atoms with van der Waals surface area (Å²) in [6, 6.07) is 3.35. The molecule has 1 amide bonds. The Kier molecular flexibility index (Phi) is 5.08. The first-order valence-electron chi connectivity index (χ1n) is 10.7. The van der Waals surface area contributed by atoms with Crippen LogP contribution in [0.1, 0.15) is 59.6 Å². The molecule has 1 spiro atoms. The molecule has 7 nitrogen and oxygen atoms in total. The summed E-state index contributed by atoms with van der Waals surface area (Å²) in [6.45, 7) is 2.20. The number of halogens is 2. The predicted molar refractivity (Wildman–Crippen MR) is 118 cm³/mol. The predicted octanol–water partition coefficient (Wildman–Crippen LogP) is 3.90. The number of rotatable bonds is 3. The second kappa shape index (κ2) is 7.72. The Balaban J connectivity index is 1.55. The fourth-order valence-electron chi connectivity index (χ4n) is 4.98. The van der Waals surface area contributed by atoms with Gasteiger partial charge in [0.25, 0.3) is 5.91 Å². The van der Waals surface area contributed by atoms with E-state index in [0.29, 0.717) is 11.6 Å². The number of carbonyl (C=O) groups excluding carboxylic acids is 1. The summed E-state index contributed by atoms with van der Waals surface area (Å²) in [5.41, 5.74) is -0.647. The zero-order chi connectivity index (χ0) is 23.5. The van der Waals surface area contributed by atoms with Crippen molar-refractivity contribution in [3.63, 3.8) is 0 Å². The van der Waals surface area contributed by atoms with Crippen molar-refractivity contribution in [3.8, 4) is 16.3 Å². The Morgan fingerprint density at radius 2 is 1.91 bits per heavy atom. The van der Waals surface area contributed by atoms with Crippen molar-refractivity contribution in [1.29, 1.82) is 0 Å². The Morgan fingerprint density at radius 3 is 2.61 bits per heavy atom. The van der Waals surface area contributed by atoms with Crippen LogP contribution >= 0.6 is 11.3 Å². The highest BCUT2D eigenvalue weighted by Crippen LogP contribution is 2.41. The molecule has 172 valence electrons. The van der Waals surface area contributed by atoms with E-state index in [1.54, 1.807) is 29.6 Å². The van der Waals surface area contributed by atoms with Gasteiger partial charge in [-0.05, 0) is 24.5 Å². The van der Waals surface area contributed by atoms with Crippen molar-refractivity contribution in [2.45, 2.75) is 50.6 Å². The molecule has 0 saturated heterocycles. The van der Waals surface area contributed by atoms with Crippen molar-refractivity contribution in [2.24, 2.45) is 0 Å². The first-order valence-corrected chi connectivity index (χ1v) is 11.6. The monoisotopic (exact) mass is 472 g/mol. The molecule has 2 aromatic heterocycles. The van der Waals surface area contributed by atoms with Gasteiger partial charge in [-0.3, -0.25) is 9.59 Å². The number of amides is 1. The first-order chi connectivity index (χ1) is 15.7. The number of aromatic nitrogens is 3. The fourth-order valence-corrected chi connectivity index (χ4v) is 5.90. The molecule has 1 unspecified atom stereocenters. The zero-order valence-electron chi connectivity index (χ0n) is 18.1. The second-order valence-electron chi connectivity index (χ2n) is 8.83. The van der Waals surface area contributed by atoms with Crippen LogP contribution in [-0.2, 0) is 6.54 Å². The second-order valence-corrected chi connectivity index (χ2v) is 9.83. The minimum absolute atomic E-state index is 0.0183. The van der Waals surface area contributed by atoms with Crippen LogP contribution in [0.3, 0.4) is 0 Å². The Labute approximate surface area is 192 Å². The lowest BCUT2D eigenvalue weighted by molar-refractivity contribution is 0.0418. The summed E-state index contributed by atoms with van der Waals surface area (Å²) in [5.74, 6) is -2.84. The van der Waals surface area contributed by atoms with Crippen molar-refractivity contribution in [1.82, 2.24) is 19.7 Å². The van der Waals surface area contributed by atoms with Crippen LogP contribution in [-0.4, -0.2) is 43.3 Å². The maximum Gasteiger partial charge on any atom is 0.274 e. The SMILES string of the molecule is CC(c1nnc(-c2cn3c(c(O)c2=O)C(=O)N(C)C2(CCCC2)C3)s1)c1ccc(F)cc1F. The molecule has 1 aliphatic carbocycles. The molecular formula is C23H22F2N4O3S. The smallest absolute Gasteiger partial charge is 0.274 e. The summed E-state index contributed by atoms with van der Waals surface area (Å²) < 4.78 is 29.2. The quantitative estimate of drug-likeness (QED) is 0.625. The first kappa shape index (κ1) is 21.7.